The van der Waals surface area contributed by atoms with Crippen molar-refractivity contribution in [2.75, 3.05) is 12.4 Å². The molecule has 3 heterocycles. The first kappa shape index (κ1) is 15.7. The minimum atomic E-state index is -0.383. The first-order valence-electron chi connectivity index (χ1n) is 7.40. The van der Waals surface area contributed by atoms with Gasteiger partial charge in [0.1, 0.15) is 18.0 Å². The first-order chi connectivity index (χ1) is 11.7. The largest absolute Gasteiger partial charge is 0.465 e. The topological polar surface area (TPSA) is 81.9 Å². The lowest BCUT2D eigenvalue weighted by Gasteiger charge is -2.09. The molecule has 0 aliphatic carbocycles. The van der Waals surface area contributed by atoms with Crippen molar-refractivity contribution in [2.45, 2.75) is 13.5 Å². The summed E-state index contributed by atoms with van der Waals surface area (Å²) < 4.78 is 6.55. The van der Waals surface area contributed by atoms with Crippen molar-refractivity contribution in [2.24, 2.45) is 0 Å². The van der Waals surface area contributed by atoms with Crippen LogP contribution in [0.25, 0.3) is 5.82 Å². The van der Waals surface area contributed by atoms with Gasteiger partial charge in [-0.1, -0.05) is 6.07 Å². The summed E-state index contributed by atoms with van der Waals surface area (Å²) >= 11 is 0. The Morgan fingerprint density at radius 3 is 2.79 bits per heavy atom. The number of ether oxygens (including phenoxy) is 1. The van der Waals surface area contributed by atoms with Crippen molar-refractivity contribution in [3.63, 3.8) is 0 Å². The van der Waals surface area contributed by atoms with E-state index in [1.807, 2.05) is 22.9 Å². The number of carbonyl (C=O) groups is 1. The normalized spacial score (nSPS) is 10.4. The number of hydrogen-bond acceptors (Lipinski definition) is 6. The number of esters is 1. The van der Waals surface area contributed by atoms with Gasteiger partial charge in [0.05, 0.1) is 18.4 Å². The Hall–Kier alpha value is -3.22. The van der Waals surface area contributed by atoms with E-state index in [0.29, 0.717) is 23.6 Å². The Labute approximate surface area is 139 Å². The van der Waals surface area contributed by atoms with Crippen LogP contribution in [0.4, 0.5) is 5.82 Å². The summed E-state index contributed by atoms with van der Waals surface area (Å²) in [6.07, 6.45) is 7.06. The molecule has 0 bridgehead atoms. The maximum atomic E-state index is 11.6. The summed E-state index contributed by atoms with van der Waals surface area (Å²) in [5, 5.41) is 3.22. The van der Waals surface area contributed by atoms with Gasteiger partial charge in [0, 0.05) is 25.1 Å². The average Bonchev–Trinajstić information content (AvgIpc) is 3.14. The summed E-state index contributed by atoms with van der Waals surface area (Å²) in [5.41, 5.74) is 2.12. The Kier molecular flexibility index (Phi) is 4.51. The van der Waals surface area contributed by atoms with Crippen LogP contribution in [0.5, 0.6) is 0 Å². The van der Waals surface area contributed by atoms with Gasteiger partial charge in [-0.05, 0) is 30.7 Å². The number of aryl methyl sites for hydroxylation is 1. The van der Waals surface area contributed by atoms with Gasteiger partial charge in [0.15, 0.2) is 0 Å². The molecule has 24 heavy (non-hydrogen) atoms. The van der Waals surface area contributed by atoms with Gasteiger partial charge in [-0.2, -0.15) is 0 Å². The first-order valence-corrected chi connectivity index (χ1v) is 7.40. The number of nitrogens with zero attached hydrogens (tertiary/aromatic N) is 4. The van der Waals surface area contributed by atoms with Crippen molar-refractivity contribution in [1.29, 1.82) is 0 Å². The van der Waals surface area contributed by atoms with Gasteiger partial charge in [-0.25, -0.2) is 19.7 Å². The zero-order valence-electron chi connectivity index (χ0n) is 13.4. The van der Waals surface area contributed by atoms with E-state index < -0.39 is 0 Å². The number of anilines is 1. The van der Waals surface area contributed by atoms with Crippen molar-refractivity contribution in [1.82, 2.24) is 19.5 Å². The molecule has 7 heteroatoms. The molecule has 0 saturated carbocycles. The Morgan fingerprint density at radius 1 is 1.29 bits per heavy atom. The molecule has 122 valence electrons. The molecule has 0 radical (unpaired) electrons. The quantitative estimate of drug-likeness (QED) is 0.726. The van der Waals surface area contributed by atoms with Crippen molar-refractivity contribution in [3.05, 3.63) is 66.0 Å². The summed E-state index contributed by atoms with van der Waals surface area (Å²) in [5.74, 6) is 1.12. The fourth-order valence-electron chi connectivity index (χ4n) is 2.25. The second-order valence-electron chi connectivity index (χ2n) is 5.17. The van der Waals surface area contributed by atoms with E-state index in [9.17, 15) is 4.79 Å². The summed E-state index contributed by atoms with van der Waals surface area (Å²) in [4.78, 5) is 24.3. The Bertz CT molecular complexity index is 829. The maximum Gasteiger partial charge on any atom is 0.339 e. The van der Waals surface area contributed by atoms with E-state index in [1.54, 1.807) is 37.8 Å². The highest BCUT2D eigenvalue weighted by atomic mass is 16.5. The summed E-state index contributed by atoms with van der Waals surface area (Å²) in [6, 6.07) is 7.38. The smallest absolute Gasteiger partial charge is 0.339 e. The molecule has 0 aromatic carbocycles. The van der Waals surface area contributed by atoms with Crippen LogP contribution < -0.4 is 5.32 Å². The SMILES string of the molecule is COC(=O)c1ccc(NCc2ccc(-n3ccnc3)nc2)nc1C. The van der Waals surface area contributed by atoms with E-state index in [-0.39, 0.29) is 5.97 Å². The zero-order valence-corrected chi connectivity index (χ0v) is 13.4. The van der Waals surface area contributed by atoms with Crippen LogP contribution in [0.3, 0.4) is 0 Å². The number of methoxy groups -OCH3 is 1. The zero-order chi connectivity index (χ0) is 16.9. The number of rotatable bonds is 5. The molecule has 1 N–H and O–H groups in total. The van der Waals surface area contributed by atoms with Crippen LogP contribution in [-0.2, 0) is 11.3 Å². The van der Waals surface area contributed by atoms with Crippen LogP contribution in [0.2, 0.25) is 0 Å². The van der Waals surface area contributed by atoms with Crippen LogP contribution in [0.1, 0.15) is 21.6 Å². The Morgan fingerprint density at radius 2 is 2.17 bits per heavy atom. The molecular formula is C17H17N5O2. The minimum Gasteiger partial charge on any atom is -0.465 e. The maximum absolute atomic E-state index is 11.6. The predicted octanol–water partition coefficient (Wildman–Crippen LogP) is 2.37. The van der Waals surface area contributed by atoms with E-state index in [2.05, 4.69) is 20.3 Å². The number of nitrogens with one attached hydrogen (secondary N) is 1. The summed E-state index contributed by atoms with van der Waals surface area (Å²) in [6.45, 7) is 2.36. The molecule has 0 amide bonds. The van der Waals surface area contributed by atoms with E-state index in [4.69, 9.17) is 4.74 Å². The molecule has 0 aliphatic heterocycles. The predicted molar refractivity (Wildman–Crippen MR) is 89.0 cm³/mol. The van der Waals surface area contributed by atoms with Crippen molar-refractivity contribution in [3.8, 4) is 5.82 Å². The van der Waals surface area contributed by atoms with Crippen LogP contribution >= 0.6 is 0 Å². The molecule has 0 fully saturated rings. The number of pyridine rings is 2. The number of imidazole rings is 1. The van der Waals surface area contributed by atoms with Gasteiger partial charge in [-0.15, -0.1) is 0 Å². The van der Waals surface area contributed by atoms with E-state index in [1.165, 1.54) is 7.11 Å². The number of carbonyl (C=O) groups excluding carboxylic acids is 1. The summed E-state index contributed by atoms with van der Waals surface area (Å²) in [7, 11) is 1.36. The lowest BCUT2D eigenvalue weighted by atomic mass is 10.2. The van der Waals surface area contributed by atoms with Crippen LogP contribution in [0.15, 0.2) is 49.2 Å². The fourth-order valence-corrected chi connectivity index (χ4v) is 2.25. The van der Waals surface area contributed by atoms with Crippen LogP contribution in [-0.4, -0.2) is 32.6 Å². The van der Waals surface area contributed by atoms with E-state index in [0.717, 1.165) is 11.4 Å². The average molecular weight is 323 g/mol. The number of aromatic nitrogens is 4. The highest BCUT2D eigenvalue weighted by Crippen LogP contribution is 2.13. The van der Waals surface area contributed by atoms with Crippen molar-refractivity contribution < 1.29 is 9.53 Å². The van der Waals surface area contributed by atoms with E-state index >= 15 is 0 Å². The highest BCUT2D eigenvalue weighted by Gasteiger charge is 2.10. The molecule has 3 aromatic rings. The Balaban J connectivity index is 1.65. The monoisotopic (exact) mass is 323 g/mol. The lowest BCUT2D eigenvalue weighted by molar-refractivity contribution is 0.0599. The van der Waals surface area contributed by atoms with Crippen molar-refractivity contribution >= 4 is 11.8 Å². The van der Waals surface area contributed by atoms with Gasteiger partial charge < -0.3 is 10.1 Å². The van der Waals surface area contributed by atoms with Gasteiger partial charge >= 0.3 is 5.97 Å². The van der Waals surface area contributed by atoms with Gasteiger partial charge in [-0.3, -0.25) is 4.57 Å². The minimum absolute atomic E-state index is 0.383. The molecule has 0 spiro atoms. The molecule has 3 rings (SSSR count). The number of hydrogen-bond donors (Lipinski definition) is 1. The molecule has 0 aliphatic rings. The van der Waals surface area contributed by atoms with Crippen LogP contribution in [0, 0.1) is 6.92 Å². The standard InChI is InChI=1S/C17H17N5O2/c1-12-14(17(23)24-2)4-5-15(21-12)19-9-13-3-6-16(20-10-13)22-8-7-18-11-22/h3-8,10-11H,9H2,1-2H3,(H,19,21). The second kappa shape index (κ2) is 6.91. The third-order valence-corrected chi connectivity index (χ3v) is 3.54. The third-order valence-electron chi connectivity index (χ3n) is 3.54. The molecule has 0 saturated heterocycles. The van der Waals surface area contributed by atoms with Gasteiger partial charge in [0.25, 0.3) is 0 Å². The molecule has 3 aromatic heterocycles. The lowest BCUT2D eigenvalue weighted by Crippen LogP contribution is -2.08. The molecule has 0 atom stereocenters. The second-order valence-corrected chi connectivity index (χ2v) is 5.17. The molecule has 0 unspecified atom stereocenters. The fraction of sp³-hybridized carbons (Fsp3) is 0.176. The van der Waals surface area contributed by atoms with Gasteiger partial charge in [0.2, 0.25) is 0 Å². The third kappa shape index (κ3) is 3.40. The molecular weight excluding hydrogens is 306 g/mol. The molecule has 7 nitrogen and oxygen atoms in total. The highest BCUT2D eigenvalue weighted by molar-refractivity contribution is 5.90.